The lowest BCUT2D eigenvalue weighted by Gasteiger charge is -2.18. The first-order chi connectivity index (χ1) is 9.72. The number of hydrogen-bond donors (Lipinski definition) is 1. The number of aliphatic hydroxyl groups excluding tert-OH is 1. The Balaban J connectivity index is 2.05. The van der Waals surface area contributed by atoms with Crippen molar-refractivity contribution in [2.45, 2.75) is 6.54 Å². The number of aliphatic hydroxyl groups is 1. The molecule has 2 aromatic rings. The third kappa shape index (κ3) is 3.61. The van der Waals surface area contributed by atoms with Crippen LogP contribution in [0.3, 0.4) is 0 Å². The van der Waals surface area contributed by atoms with Gasteiger partial charge in [0.15, 0.2) is 0 Å². The van der Waals surface area contributed by atoms with Gasteiger partial charge in [-0.05, 0) is 30.3 Å². The summed E-state index contributed by atoms with van der Waals surface area (Å²) in [4.78, 5) is 3.33. The summed E-state index contributed by atoms with van der Waals surface area (Å²) in [5, 5.41) is 19.4. The molecule has 0 amide bonds. The van der Waals surface area contributed by atoms with Crippen LogP contribution >= 0.6 is 11.3 Å². The van der Waals surface area contributed by atoms with Gasteiger partial charge in [0.2, 0.25) is 0 Å². The summed E-state index contributed by atoms with van der Waals surface area (Å²) in [5.41, 5.74) is 2.67. The Morgan fingerprint density at radius 3 is 2.65 bits per heavy atom. The number of nitrogens with zero attached hydrogens (tertiary/aromatic N) is 2. The van der Waals surface area contributed by atoms with E-state index in [1.807, 2.05) is 42.8 Å². The highest BCUT2D eigenvalue weighted by Crippen LogP contribution is 2.20. The van der Waals surface area contributed by atoms with Gasteiger partial charge in [-0.2, -0.15) is 5.26 Å². The van der Waals surface area contributed by atoms with Gasteiger partial charge in [-0.25, -0.2) is 0 Å². The highest BCUT2D eigenvalue weighted by molar-refractivity contribution is 7.10. The smallest absolute Gasteiger partial charge is 0.104 e. The van der Waals surface area contributed by atoms with Crippen LogP contribution < -0.4 is 4.90 Å². The van der Waals surface area contributed by atoms with Crippen molar-refractivity contribution in [1.29, 1.82) is 5.26 Å². The fraction of sp³-hybridized carbons (Fsp3) is 0.188. The molecule has 0 atom stereocenters. The third-order valence-corrected chi connectivity index (χ3v) is 3.72. The van der Waals surface area contributed by atoms with Crippen molar-refractivity contribution in [1.82, 2.24) is 0 Å². The summed E-state index contributed by atoms with van der Waals surface area (Å²) in [6, 6.07) is 11.7. The third-order valence-electron chi connectivity index (χ3n) is 2.80. The number of thiophene rings is 1. The molecule has 0 spiro atoms. The van der Waals surface area contributed by atoms with Crippen molar-refractivity contribution in [3.8, 4) is 17.9 Å². The molecular weight excluding hydrogens is 268 g/mol. The molecule has 0 radical (unpaired) electrons. The molecule has 20 heavy (non-hydrogen) atoms. The summed E-state index contributed by atoms with van der Waals surface area (Å²) in [6.45, 7) is 0.674. The molecule has 0 saturated heterocycles. The van der Waals surface area contributed by atoms with Crippen LogP contribution in [-0.2, 0) is 6.54 Å². The number of benzene rings is 1. The van der Waals surface area contributed by atoms with Crippen LogP contribution in [0.1, 0.15) is 16.0 Å². The van der Waals surface area contributed by atoms with Crippen LogP contribution in [-0.4, -0.2) is 18.8 Å². The number of nitriles is 1. The quantitative estimate of drug-likeness (QED) is 0.880. The SMILES string of the molecule is CN(Cc1cc(C#CCO)cs1)c1ccc(C#N)cc1. The lowest BCUT2D eigenvalue weighted by atomic mass is 10.2. The molecule has 0 aliphatic rings. The van der Waals surface area contributed by atoms with Crippen LogP contribution in [0.5, 0.6) is 0 Å². The van der Waals surface area contributed by atoms with Gasteiger partial charge in [0.1, 0.15) is 6.61 Å². The Morgan fingerprint density at radius 1 is 1.25 bits per heavy atom. The van der Waals surface area contributed by atoms with E-state index in [1.165, 1.54) is 4.88 Å². The molecule has 3 nitrogen and oxygen atoms in total. The highest BCUT2D eigenvalue weighted by atomic mass is 32.1. The summed E-state index contributed by atoms with van der Waals surface area (Å²) in [5.74, 6) is 5.54. The Hall–Kier alpha value is -2.27. The molecule has 1 N–H and O–H groups in total. The van der Waals surface area contributed by atoms with Crippen molar-refractivity contribution in [3.63, 3.8) is 0 Å². The maximum atomic E-state index is 8.78. The van der Waals surface area contributed by atoms with E-state index < -0.39 is 0 Å². The van der Waals surface area contributed by atoms with E-state index in [0.29, 0.717) is 5.56 Å². The second-order valence-corrected chi connectivity index (χ2v) is 5.27. The molecule has 2 rings (SSSR count). The van der Waals surface area contributed by atoms with Crippen LogP contribution in [0, 0.1) is 23.2 Å². The minimum absolute atomic E-state index is 0.115. The summed E-state index contributed by atoms with van der Waals surface area (Å²) in [7, 11) is 2.01. The molecule has 1 aromatic carbocycles. The molecule has 100 valence electrons. The molecule has 4 heteroatoms. The van der Waals surface area contributed by atoms with Crippen molar-refractivity contribution >= 4 is 17.0 Å². The highest BCUT2D eigenvalue weighted by Gasteiger charge is 2.04. The van der Waals surface area contributed by atoms with Gasteiger partial charge < -0.3 is 10.0 Å². The number of anilines is 1. The van der Waals surface area contributed by atoms with Crippen molar-refractivity contribution < 1.29 is 5.11 Å². The molecule has 0 bridgehead atoms. The Bertz CT molecular complexity index is 671. The Morgan fingerprint density at radius 2 is 2.00 bits per heavy atom. The van der Waals surface area contributed by atoms with E-state index in [0.717, 1.165) is 17.8 Å². The lowest BCUT2D eigenvalue weighted by molar-refractivity contribution is 0.350. The topological polar surface area (TPSA) is 47.3 Å². The molecule has 1 aromatic heterocycles. The fourth-order valence-electron chi connectivity index (χ4n) is 1.79. The zero-order valence-electron chi connectivity index (χ0n) is 11.1. The molecule has 1 heterocycles. The van der Waals surface area contributed by atoms with E-state index in [2.05, 4.69) is 22.8 Å². The summed E-state index contributed by atoms with van der Waals surface area (Å²) >= 11 is 1.65. The van der Waals surface area contributed by atoms with Crippen molar-refractivity contribution in [2.75, 3.05) is 18.6 Å². The summed E-state index contributed by atoms with van der Waals surface area (Å²) < 4.78 is 0. The Kier molecular flexibility index (Phi) is 4.79. The average molecular weight is 282 g/mol. The molecule has 0 aliphatic carbocycles. The van der Waals surface area contributed by atoms with Gasteiger partial charge in [0.25, 0.3) is 0 Å². The number of hydrogen-bond acceptors (Lipinski definition) is 4. The van der Waals surface area contributed by atoms with E-state index in [4.69, 9.17) is 10.4 Å². The molecular formula is C16H14N2OS. The second kappa shape index (κ2) is 6.77. The number of rotatable bonds is 3. The zero-order valence-corrected chi connectivity index (χ0v) is 11.9. The minimum atomic E-state index is -0.115. The lowest BCUT2D eigenvalue weighted by Crippen LogP contribution is -2.15. The Labute approximate surface area is 122 Å². The van der Waals surface area contributed by atoms with Gasteiger partial charge in [-0.15, -0.1) is 11.3 Å². The maximum absolute atomic E-state index is 8.78. The molecule has 0 unspecified atom stereocenters. The molecule has 0 saturated carbocycles. The standard InChI is InChI=1S/C16H14N2OS/c1-18(15-6-4-13(10-17)5-7-15)11-16-9-14(12-20-16)3-2-8-19/h4-7,9,12,19H,8,11H2,1H3. The fourth-order valence-corrected chi connectivity index (χ4v) is 2.65. The largest absolute Gasteiger partial charge is 0.384 e. The second-order valence-electron chi connectivity index (χ2n) is 4.28. The average Bonchev–Trinajstić information content (AvgIpc) is 2.92. The minimum Gasteiger partial charge on any atom is -0.384 e. The normalized spacial score (nSPS) is 9.45. The first-order valence-corrected chi connectivity index (χ1v) is 6.99. The zero-order chi connectivity index (χ0) is 14.4. The van der Waals surface area contributed by atoms with Crippen molar-refractivity contribution in [3.05, 3.63) is 51.7 Å². The van der Waals surface area contributed by atoms with E-state index in [9.17, 15) is 0 Å². The first-order valence-electron chi connectivity index (χ1n) is 6.11. The van der Waals surface area contributed by atoms with Gasteiger partial charge in [-0.1, -0.05) is 11.8 Å². The van der Waals surface area contributed by atoms with Crippen LogP contribution in [0.4, 0.5) is 5.69 Å². The molecule has 0 aliphatic heterocycles. The first kappa shape index (κ1) is 14.1. The molecule has 0 fully saturated rings. The predicted molar refractivity (Wildman–Crippen MR) is 81.5 cm³/mol. The van der Waals surface area contributed by atoms with Crippen molar-refractivity contribution in [2.24, 2.45) is 0 Å². The predicted octanol–water partition coefficient (Wildman–Crippen LogP) is 2.60. The van der Waals surface area contributed by atoms with Crippen LogP contribution in [0.25, 0.3) is 0 Å². The van der Waals surface area contributed by atoms with Crippen LogP contribution in [0.2, 0.25) is 0 Å². The monoisotopic (exact) mass is 282 g/mol. The van der Waals surface area contributed by atoms with E-state index in [1.54, 1.807) is 11.3 Å². The van der Waals surface area contributed by atoms with Crippen LogP contribution in [0.15, 0.2) is 35.7 Å². The van der Waals surface area contributed by atoms with Gasteiger partial charge >= 0.3 is 0 Å². The van der Waals surface area contributed by atoms with Gasteiger partial charge in [0.05, 0.1) is 18.2 Å². The summed E-state index contributed by atoms with van der Waals surface area (Å²) in [6.07, 6.45) is 0. The van der Waals surface area contributed by atoms with Gasteiger partial charge in [-0.3, -0.25) is 0 Å². The maximum Gasteiger partial charge on any atom is 0.104 e. The van der Waals surface area contributed by atoms with Gasteiger partial charge in [0, 0.05) is 28.6 Å². The van der Waals surface area contributed by atoms with E-state index >= 15 is 0 Å². The van der Waals surface area contributed by atoms with E-state index in [-0.39, 0.29) is 6.61 Å².